The summed E-state index contributed by atoms with van der Waals surface area (Å²) in [5, 5.41) is 19.3. The highest BCUT2D eigenvalue weighted by Gasteiger charge is 2.39. The first-order valence-electron chi connectivity index (χ1n) is 10.2. The molecule has 9 nitrogen and oxygen atoms in total. The molecule has 0 spiro atoms. The maximum atomic E-state index is 13.1. The van der Waals surface area contributed by atoms with Crippen LogP contribution < -0.4 is 11.1 Å². The molecule has 3 aromatic rings. The molecule has 1 aliphatic rings. The van der Waals surface area contributed by atoms with Crippen molar-refractivity contribution in [2.24, 2.45) is 11.7 Å². The quantitative estimate of drug-likeness (QED) is 0.443. The lowest BCUT2D eigenvalue weighted by Crippen LogP contribution is -2.49. The predicted molar refractivity (Wildman–Crippen MR) is 122 cm³/mol. The number of piperidine rings is 1. The second-order valence-corrected chi connectivity index (χ2v) is 9.38. The van der Waals surface area contributed by atoms with Crippen molar-refractivity contribution >= 4 is 35.0 Å². The van der Waals surface area contributed by atoms with Gasteiger partial charge in [0, 0.05) is 23.6 Å². The molecule has 3 heterocycles. The summed E-state index contributed by atoms with van der Waals surface area (Å²) in [6, 6.07) is 7.13. The van der Waals surface area contributed by atoms with E-state index in [1.807, 2.05) is 31.2 Å². The van der Waals surface area contributed by atoms with Crippen LogP contribution >= 0.6 is 23.1 Å². The fraction of sp³-hybridized carbons (Fsp3) is 0.381. The number of carboxylic acids is 1. The Kier molecular flexibility index (Phi) is 6.99. The molecule has 0 saturated carbocycles. The third kappa shape index (κ3) is 4.75. The minimum atomic E-state index is -0.946. The largest absolute Gasteiger partial charge is 0.480 e. The van der Waals surface area contributed by atoms with Gasteiger partial charge in [-0.1, -0.05) is 43.0 Å². The van der Waals surface area contributed by atoms with Crippen molar-refractivity contribution < 1.29 is 14.7 Å². The average molecular weight is 473 g/mol. The lowest BCUT2D eigenvalue weighted by atomic mass is 9.81. The van der Waals surface area contributed by atoms with E-state index in [0.29, 0.717) is 29.8 Å². The Morgan fingerprint density at radius 3 is 2.72 bits per heavy atom. The molecule has 0 aliphatic carbocycles. The highest BCUT2D eigenvalue weighted by molar-refractivity contribution is 7.98. The summed E-state index contributed by atoms with van der Waals surface area (Å²) in [4.78, 5) is 33.7. The first-order valence-corrected chi connectivity index (χ1v) is 12.2. The van der Waals surface area contributed by atoms with Gasteiger partial charge in [-0.2, -0.15) is 4.68 Å². The molecule has 1 aromatic carbocycles. The molecular formula is C21H24N6O3S2. The number of carbonyl (C=O) groups is 2. The van der Waals surface area contributed by atoms with Crippen molar-refractivity contribution in [1.82, 2.24) is 25.1 Å². The second-order valence-electron chi connectivity index (χ2n) is 7.71. The minimum Gasteiger partial charge on any atom is -0.480 e. The molecule has 0 amide bonds. The third-order valence-corrected chi connectivity index (χ3v) is 7.15. The zero-order valence-electron chi connectivity index (χ0n) is 17.5. The highest BCUT2D eigenvalue weighted by atomic mass is 32.2. The summed E-state index contributed by atoms with van der Waals surface area (Å²) < 4.78 is 1.25. The Hall–Kier alpha value is -2.60. The van der Waals surface area contributed by atoms with Gasteiger partial charge in [0.15, 0.2) is 11.0 Å². The molecule has 1 saturated heterocycles. The summed E-state index contributed by atoms with van der Waals surface area (Å²) in [5.74, 6) is -0.763. The number of nitrogens with two attached hydrogens (primary N) is 1. The molecule has 3 atom stereocenters. The number of carbonyl (C=O) groups excluding carboxylic acids is 1. The van der Waals surface area contributed by atoms with Gasteiger partial charge in [-0.15, -0.1) is 16.4 Å². The van der Waals surface area contributed by atoms with Gasteiger partial charge in [-0.25, -0.2) is 9.97 Å². The van der Waals surface area contributed by atoms with Crippen molar-refractivity contribution in [1.29, 1.82) is 0 Å². The number of aliphatic carboxylic acids is 1. The molecule has 3 unspecified atom stereocenters. The number of rotatable bonds is 7. The number of thiazole rings is 1. The molecule has 11 heteroatoms. The number of nitrogens with zero attached hydrogens (tertiary/aromatic N) is 4. The monoisotopic (exact) mass is 472 g/mol. The van der Waals surface area contributed by atoms with E-state index in [1.165, 1.54) is 27.8 Å². The molecular weight excluding hydrogens is 448 g/mol. The fourth-order valence-electron chi connectivity index (χ4n) is 3.77. The molecule has 0 bridgehead atoms. The Morgan fingerprint density at radius 1 is 1.31 bits per heavy atom. The first-order chi connectivity index (χ1) is 15.5. The normalized spacial score (nSPS) is 20.9. The van der Waals surface area contributed by atoms with E-state index in [0.717, 1.165) is 17.5 Å². The number of aromatic nitrogens is 4. The van der Waals surface area contributed by atoms with Gasteiger partial charge >= 0.3 is 5.97 Å². The summed E-state index contributed by atoms with van der Waals surface area (Å²) in [6.45, 7) is 3.09. The van der Waals surface area contributed by atoms with Gasteiger partial charge in [0.05, 0.1) is 5.51 Å². The molecule has 32 heavy (non-hydrogen) atoms. The van der Waals surface area contributed by atoms with Crippen LogP contribution in [0.15, 0.2) is 40.3 Å². The van der Waals surface area contributed by atoms with Crippen LogP contribution in [0.3, 0.4) is 0 Å². The number of thioether (sulfide) groups is 1. The summed E-state index contributed by atoms with van der Waals surface area (Å²) in [6.07, 6.45) is 0.805. The van der Waals surface area contributed by atoms with E-state index >= 15 is 0 Å². The number of carboxylic acid groups (broad SMARTS) is 1. The van der Waals surface area contributed by atoms with Crippen molar-refractivity contribution in [3.63, 3.8) is 0 Å². The average Bonchev–Trinajstić information content (AvgIpc) is 3.48. The van der Waals surface area contributed by atoms with Crippen LogP contribution in [0.25, 0.3) is 0 Å². The Morgan fingerprint density at radius 2 is 2.06 bits per heavy atom. The standard InChI is InChI=1S/C21H24N6O3S2/c1-12-6-7-23-17(20(29)30)16(12)18-25-21(27(26-18)19(28)15-10-31-11-24-15)32-9-14-4-2-13(8-22)3-5-14/h2-5,10-12,16-17,23H,6-9,22H2,1H3,(H,29,30). The smallest absolute Gasteiger partial charge is 0.321 e. The van der Waals surface area contributed by atoms with Crippen molar-refractivity contribution in [2.45, 2.75) is 42.8 Å². The second kappa shape index (κ2) is 9.90. The molecule has 2 aromatic heterocycles. The first kappa shape index (κ1) is 22.6. The molecule has 1 fully saturated rings. The third-order valence-electron chi connectivity index (χ3n) is 5.56. The van der Waals surface area contributed by atoms with Crippen LogP contribution in [0.5, 0.6) is 0 Å². The lowest BCUT2D eigenvalue weighted by molar-refractivity contribution is -0.141. The Balaban J connectivity index is 1.66. The Labute approximate surface area is 193 Å². The number of hydrogen-bond acceptors (Lipinski definition) is 9. The van der Waals surface area contributed by atoms with Crippen LogP contribution in [-0.2, 0) is 17.1 Å². The van der Waals surface area contributed by atoms with Crippen LogP contribution in [0.1, 0.15) is 46.7 Å². The van der Waals surface area contributed by atoms with E-state index < -0.39 is 17.9 Å². The maximum Gasteiger partial charge on any atom is 0.321 e. The molecule has 168 valence electrons. The minimum absolute atomic E-state index is 0.0595. The zero-order chi connectivity index (χ0) is 22.7. The molecule has 0 radical (unpaired) electrons. The van der Waals surface area contributed by atoms with Gasteiger partial charge in [0.2, 0.25) is 0 Å². The van der Waals surface area contributed by atoms with Crippen molar-refractivity contribution in [3.8, 4) is 0 Å². The SMILES string of the molecule is CC1CCNC(C(=O)O)C1c1nc(SCc2ccc(CN)cc2)n(C(=O)c2cscn2)n1. The summed E-state index contributed by atoms with van der Waals surface area (Å²) >= 11 is 2.70. The number of hydrogen-bond donors (Lipinski definition) is 3. The summed E-state index contributed by atoms with van der Waals surface area (Å²) in [7, 11) is 0. The van der Waals surface area contributed by atoms with E-state index in [9.17, 15) is 14.7 Å². The van der Waals surface area contributed by atoms with Gasteiger partial charge < -0.3 is 16.2 Å². The van der Waals surface area contributed by atoms with E-state index in [-0.39, 0.29) is 17.5 Å². The molecule has 1 aliphatic heterocycles. The maximum absolute atomic E-state index is 13.1. The van der Waals surface area contributed by atoms with E-state index in [1.54, 1.807) is 10.9 Å². The number of benzene rings is 1. The molecule has 4 rings (SSSR count). The Bertz CT molecular complexity index is 1080. The number of nitrogens with one attached hydrogen (secondary N) is 1. The highest BCUT2D eigenvalue weighted by Crippen LogP contribution is 2.33. The van der Waals surface area contributed by atoms with Gasteiger partial charge in [-0.05, 0) is 30.0 Å². The van der Waals surface area contributed by atoms with E-state index in [2.05, 4.69) is 20.4 Å². The van der Waals surface area contributed by atoms with Gasteiger partial charge in [0.1, 0.15) is 11.7 Å². The fourth-order valence-corrected chi connectivity index (χ4v) is 5.19. The van der Waals surface area contributed by atoms with Crippen LogP contribution in [0.4, 0.5) is 0 Å². The van der Waals surface area contributed by atoms with Gasteiger partial charge in [-0.3, -0.25) is 9.59 Å². The van der Waals surface area contributed by atoms with Crippen LogP contribution in [0, 0.1) is 5.92 Å². The van der Waals surface area contributed by atoms with Gasteiger partial charge in [0.25, 0.3) is 5.91 Å². The van der Waals surface area contributed by atoms with Crippen LogP contribution in [0.2, 0.25) is 0 Å². The van der Waals surface area contributed by atoms with Crippen molar-refractivity contribution in [3.05, 3.63) is 57.8 Å². The topological polar surface area (TPSA) is 136 Å². The lowest BCUT2D eigenvalue weighted by Gasteiger charge is -2.33. The predicted octanol–water partition coefficient (Wildman–Crippen LogP) is 2.34. The zero-order valence-corrected chi connectivity index (χ0v) is 19.1. The summed E-state index contributed by atoms with van der Waals surface area (Å²) in [5.41, 5.74) is 9.63. The van der Waals surface area contributed by atoms with Crippen molar-refractivity contribution in [2.75, 3.05) is 6.54 Å². The molecule has 4 N–H and O–H groups in total. The van der Waals surface area contributed by atoms with Crippen LogP contribution in [-0.4, -0.2) is 49.3 Å². The van der Waals surface area contributed by atoms with E-state index in [4.69, 9.17) is 5.73 Å².